The number of nitrogens with zero attached hydrogens (tertiary/aromatic N) is 4. The Morgan fingerprint density at radius 2 is 1.97 bits per heavy atom. The van der Waals surface area contributed by atoms with Gasteiger partial charge in [-0.15, -0.1) is 0 Å². The molecule has 1 amide bonds. The first-order chi connectivity index (χ1) is 16.3. The van der Waals surface area contributed by atoms with Crippen molar-refractivity contribution in [2.24, 2.45) is 11.8 Å². The van der Waals surface area contributed by atoms with Gasteiger partial charge in [0.05, 0.1) is 23.0 Å². The molecule has 4 bridgehead atoms. The van der Waals surface area contributed by atoms with Crippen molar-refractivity contribution in [2.75, 3.05) is 10.6 Å². The van der Waals surface area contributed by atoms with Crippen LogP contribution in [0, 0.1) is 11.8 Å². The van der Waals surface area contributed by atoms with Crippen LogP contribution in [-0.4, -0.2) is 47.8 Å². The Balaban J connectivity index is 1.25. The van der Waals surface area contributed by atoms with Gasteiger partial charge in [-0.3, -0.25) is 4.79 Å². The average Bonchev–Trinajstić information content (AvgIpc) is 3.19. The number of hydrogen-bond acceptors (Lipinski definition) is 7. The van der Waals surface area contributed by atoms with Gasteiger partial charge in [0.1, 0.15) is 11.6 Å². The number of hydrogen-bond donors (Lipinski definition) is 4. The molecule has 2 unspecified atom stereocenters. The minimum Gasteiger partial charge on any atom is -0.390 e. The third-order valence-electron chi connectivity index (χ3n) is 7.52. The van der Waals surface area contributed by atoms with Crippen molar-refractivity contribution in [3.05, 3.63) is 42.4 Å². The molecule has 4 fully saturated rings. The number of amides is 1. The zero-order valence-electron chi connectivity index (χ0n) is 19.6. The number of carbonyl (C=O) groups is 1. The zero-order chi connectivity index (χ0) is 23.5. The summed E-state index contributed by atoms with van der Waals surface area (Å²) in [7, 11) is 0. The Morgan fingerprint density at radius 1 is 1.18 bits per heavy atom. The van der Waals surface area contributed by atoms with E-state index in [4.69, 9.17) is 0 Å². The molecule has 3 heterocycles. The molecule has 178 valence electrons. The van der Waals surface area contributed by atoms with Gasteiger partial charge in [-0.25, -0.2) is 14.5 Å². The van der Waals surface area contributed by atoms with E-state index in [1.165, 1.54) is 6.42 Å². The number of anilines is 3. The fourth-order valence-electron chi connectivity index (χ4n) is 6.82. The number of rotatable bonds is 6. The van der Waals surface area contributed by atoms with E-state index in [2.05, 4.69) is 31.0 Å². The highest BCUT2D eigenvalue weighted by atomic mass is 16.3. The van der Waals surface area contributed by atoms with Crippen LogP contribution in [0.1, 0.15) is 62.7 Å². The zero-order valence-corrected chi connectivity index (χ0v) is 19.6. The predicted octanol–water partition coefficient (Wildman–Crippen LogP) is 3.50. The smallest absolute Gasteiger partial charge is 0.255 e. The second-order valence-corrected chi connectivity index (χ2v) is 10.9. The van der Waals surface area contributed by atoms with Crippen molar-refractivity contribution in [3.8, 4) is 0 Å². The standard InChI is InChI=1S/C25H31N7O2/c1-15(2)28-19-8-21(29-20-4-6-32-22(30-20)3-5-27-32)26-13-18(19)23(33)31-24-9-16-7-17(10-24)12-25(34,11-16)14-24/h3-6,8,13,15-17,34H,7,9-12,14H2,1-2H3,(H,31,33)(H2,26,28,29,30). The maximum absolute atomic E-state index is 13.5. The molecule has 9 nitrogen and oxygen atoms in total. The molecule has 2 atom stereocenters. The van der Waals surface area contributed by atoms with Crippen molar-refractivity contribution in [2.45, 2.75) is 69.6 Å². The monoisotopic (exact) mass is 461 g/mol. The topological polar surface area (TPSA) is 116 Å². The third-order valence-corrected chi connectivity index (χ3v) is 7.52. The lowest BCUT2D eigenvalue weighted by Gasteiger charge is -2.60. The van der Waals surface area contributed by atoms with Crippen molar-refractivity contribution in [1.29, 1.82) is 0 Å². The van der Waals surface area contributed by atoms with Crippen molar-refractivity contribution < 1.29 is 9.90 Å². The molecular formula is C25H31N7O2. The summed E-state index contributed by atoms with van der Waals surface area (Å²) in [6.07, 6.45) is 10.7. The molecule has 9 heteroatoms. The van der Waals surface area contributed by atoms with Crippen LogP contribution in [0.4, 0.5) is 17.3 Å². The Hall–Kier alpha value is -3.20. The first-order valence-corrected chi connectivity index (χ1v) is 12.2. The number of fused-ring (bicyclic) bond motifs is 1. The number of pyridine rings is 1. The van der Waals surface area contributed by atoms with Crippen molar-refractivity contribution >= 4 is 28.9 Å². The Bertz CT molecular complexity index is 1240. The summed E-state index contributed by atoms with van der Waals surface area (Å²) in [5.41, 5.74) is 1.04. The third kappa shape index (κ3) is 3.87. The van der Waals surface area contributed by atoms with Gasteiger partial charge in [0.2, 0.25) is 0 Å². The Morgan fingerprint density at radius 3 is 2.71 bits per heavy atom. The van der Waals surface area contributed by atoms with E-state index in [1.54, 1.807) is 16.9 Å². The summed E-state index contributed by atoms with van der Waals surface area (Å²) in [6.45, 7) is 4.08. The highest BCUT2D eigenvalue weighted by molar-refractivity contribution is 6.00. The highest BCUT2D eigenvalue weighted by Crippen LogP contribution is 2.57. The SMILES string of the molecule is CC(C)Nc1cc(Nc2ccn3nccc3n2)ncc1C(=O)NC12CC3CC(CC(O)(C3)C1)C2. The molecule has 0 aliphatic heterocycles. The van der Waals surface area contributed by atoms with Crippen LogP contribution in [-0.2, 0) is 0 Å². The summed E-state index contributed by atoms with van der Waals surface area (Å²) in [4.78, 5) is 22.6. The minimum absolute atomic E-state index is 0.133. The maximum atomic E-state index is 13.5. The van der Waals surface area contributed by atoms with Crippen LogP contribution >= 0.6 is 0 Å². The molecule has 4 saturated carbocycles. The number of carbonyl (C=O) groups excluding carboxylic acids is 1. The number of nitrogens with one attached hydrogen (secondary N) is 3. The lowest BCUT2D eigenvalue weighted by molar-refractivity contribution is -0.139. The van der Waals surface area contributed by atoms with E-state index in [9.17, 15) is 9.90 Å². The first kappa shape index (κ1) is 21.3. The van der Waals surface area contributed by atoms with E-state index in [0.717, 1.165) is 37.0 Å². The molecule has 7 rings (SSSR count). The molecule has 3 aromatic heterocycles. The molecule has 0 saturated heterocycles. The van der Waals surface area contributed by atoms with Gasteiger partial charge in [0, 0.05) is 36.1 Å². The van der Waals surface area contributed by atoms with E-state index in [1.807, 2.05) is 38.2 Å². The highest BCUT2D eigenvalue weighted by Gasteiger charge is 2.57. The van der Waals surface area contributed by atoms with Crippen LogP contribution in [0.15, 0.2) is 36.8 Å². The maximum Gasteiger partial charge on any atom is 0.255 e. The molecule has 4 N–H and O–H groups in total. The molecule has 0 aromatic carbocycles. The summed E-state index contributed by atoms with van der Waals surface area (Å²) >= 11 is 0. The van der Waals surface area contributed by atoms with Crippen molar-refractivity contribution in [1.82, 2.24) is 24.9 Å². The van der Waals surface area contributed by atoms with Crippen molar-refractivity contribution in [3.63, 3.8) is 0 Å². The van der Waals surface area contributed by atoms with Crippen LogP contribution < -0.4 is 16.0 Å². The predicted molar refractivity (Wildman–Crippen MR) is 129 cm³/mol. The van der Waals surface area contributed by atoms with E-state index < -0.39 is 5.60 Å². The molecular weight excluding hydrogens is 430 g/mol. The van der Waals surface area contributed by atoms with Crippen LogP contribution in [0.2, 0.25) is 0 Å². The largest absolute Gasteiger partial charge is 0.390 e. The van der Waals surface area contributed by atoms with E-state index in [-0.39, 0.29) is 17.5 Å². The van der Waals surface area contributed by atoms with Gasteiger partial charge >= 0.3 is 0 Å². The van der Waals surface area contributed by atoms with Gasteiger partial charge in [-0.1, -0.05) is 0 Å². The van der Waals surface area contributed by atoms with E-state index in [0.29, 0.717) is 35.5 Å². The van der Waals surface area contributed by atoms with Gasteiger partial charge in [-0.05, 0) is 70.3 Å². The Labute approximate surface area is 198 Å². The van der Waals surface area contributed by atoms with Gasteiger partial charge in [0.15, 0.2) is 5.65 Å². The normalized spacial score (nSPS) is 29.5. The molecule has 34 heavy (non-hydrogen) atoms. The fourth-order valence-corrected chi connectivity index (χ4v) is 6.82. The lowest BCUT2D eigenvalue weighted by atomic mass is 9.51. The number of aromatic nitrogens is 4. The fraction of sp³-hybridized carbons (Fsp3) is 0.520. The van der Waals surface area contributed by atoms with Gasteiger partial charge < -0.3 is 21.1 Å². The van der Waals surface area contributed by atoms with Crippen LogP contribution in [0.5, 0.6) is 0 Å². The minimum atomic E-state index is -0.619. The summed E-state index contributed by atoms with van der Waals surface area (Å²) < 4.78 is 1.69. The quantitative estimate of drug-likeness (QED) is 0.444. The summed E-state index contributed by atoms with van der Waals surface area (Å²) in [6, 6.07) is 5.65. The molecule has 0 radical (unpaired) electrons. The molecule has 0 spiro atoms. The molecule has 3 aromatic rings. The second-order valence-electron chi connectivity index (χ2n) is 10.9. The molecule has 4 aliphatic rings. The van der Waals surface area contributed by atoms with Crippen LogP contribution in [0.25, 0.3) is 5.65 Å². The molecule has 4 aliphatic carbocycles. The second kappa shape index (κ2) is 7.66. The Kier molecular flexibility index (Phi) is 4.81. The average molecular weight is 462 g/mol. The van der Waals surface area contributed by atoms with E-state index >= 15 is 0 Å². The first-order valence-electron chi connectivity index (χ1n) is 12.2. The summed E-state index contributed by atoms with van der Waals surface area (Å²) in [5, 5.41) is 25.2. The number of aliphatic hydroxyl groups is 1. The summed E-state index contributed by atoms with van der Waals surface area (Å²) in [5.74, 6) is 2.12. The van der Waals surface area contributed by atoms with Gasteiger partial charge in [0.25, 0.3) is 5.91 Å². The lowest BCUT2D eigenvalue weighted by Crippen LogP contribution is -2.65. The van der Waals surface area contributed by atoms with Crippen LogP contribution in [0.3, 0.4) is 0 Å². The van der Waals surface area contributed by atoms with Gasteiger partial charge in [-0.2, -0.15) is 5.10 Å².